The summed E-state index contributed by atoms with van der Waals surface area (Å²) in [7, 11) is 0. The van der Waals surface area contributed by atoms with Crippen LogP contribution in [0.25, 0.3) is 22.0 Å². The van der Waals surface area contributed by atoms with Crippen LogP contribution in [0.1, 0.15) is 16.1 Å². The molecule has 18 heavy (non-hydrogen) atoms. The smallest absolute Gasteiger partial charge is 0.150 e. The van der Waals surface area contributed by atoms with E-state index in [2.05, 4.69) is 24.0 Å². The Hall–Kier alpha value is -2.35. The van der Waals surface area contributed by atoms with E-state index in [-0.39, 0.29) is 0 Å². The van der Waals surface area contributed by atoms with E-state index in [1.54, 1.807) is 0 Å². The highest BCUT2D eigenvalue weighted by Crippen LogP contribution is 2.32. The SMILES string of the molecule is Cc1[nH]c2ccccc2c1-c1cccc(C=O)c1. The van der Waals surface area contributed by atoms with Gasteiger partial charge in [0.25, 0.3) is 0 Å². The normalized spacial score (nSPS) is 10.7. The van der Waals surface area contributed by atoms with Gasteiger partial charge in [-0.3, -0.25) is 4.79 Å². The van der Waals surface area contributed by atoms with Gasteiger partial charge < -0.3 is 4.98 Å². The third-order valence-corrected chi connectivity index (χ3v) is 3.20. The minimum atomic E-state index is 0.706. The molecule has 3 rings (SSSR count). The van der Waals surface area contributed by atoms with Crippen molar-refractivity contribution in [3.8, 4) is 11.1 Å². The van der Waals surface area contributed by atoms with Crippen molar-refractivity contribution in [3.63, 3.8) is 0 Å². The number of carbonyl (C=O) groups excluding carboxylic acids is 1. The Balaban J connectivity index is 2.30. The van der Waals surface area contributed by atoms with Gasteiger partial charge in [-0.2, -0.15) is 0 Å². The van der Waals surface area contributed by atoms with Crippen molar-refractivity contribution in [2.75, 3.05) is 0 Å². The Labute approximate surface area is 105 Å². The average Bonchev–Trinajstić information content (AvgIpc) is 2.74. The molecule has 0 atom stereocenters. The Bertz CT molecular complexity index is 725. The first kappa shape index (κ1) is 10.8. The van der Waals surface area contributed by atoms with E-state index in [0.29, 0.717) is 5.56 Å². The second-order valence-corrected chi connectivity index (χ2v) is 4.41. The number of carbonyl (C=O) groups is 1. The van der Waals surface area contributed by atoms with Crippen molar-refractivity contribution in [3.05, 3.63) is 59.8 Å². The highest BCUT2D eigenvalue weighted by molar-refractivity contribution is 5.98. The summed E-state index contributed by atoms with van der Waals surface area (Å²) in [6.07, 6.45) is 0.883. The standard InChI is InChI=1S/C16H13NO/c1-11-16(13-6-4-5-12(9-13)10-18)14-7-2-3-8-15(14)17-11/h2-10,17H,1H3. The van der Waals surface area contributed by atoms with Crippen LogP contribution in [0.5, 0.6) is 0 Å². The number of benzene rings is 2. The number of rotatable bonds is 2. The zero-order chi connectivity index (χ0) is 12.5. The fourth-order valence-electron chi connectivity index (χ4n) is 2.42. The lowest BCUT2D eigenvalue weighted by molar-refractivity contribution is 0.112. The number of aldehydes is 1. The predicted octanol–water partition coefficient (Wildman–Crippen LogP) is 3.96. The molecule has 0 radical (unpaired) electrons. The first-order valence-electron chi connectivity index (χ1n) is 5.92. The van der Waals surface area contributed by atoms with Crippen LogP contribution in [0.4, 0.5) is 0 Å². The maximum absolute atomic E-state index is 10.9. The van der Waals surface area contributed by atoms with E-state index in [9.17, 15) is 4.79 Å². The highest BCUT2D eigenvalue weighted by atomic mass is 16.1. The third kappa shape index (κ3) is 1.63. The molecule has 0 aliphatic heterocycles. The van der Waals surface area contributed by atoms with E-state index in [1.807, 2.05) is 36.4 Å². The quantitative estimate of drug-likeness (QED) is 0.670. The molecule has 0 saturated carbocycles. The lowest BCUT2D eigenvalue weighted by Crippen LogP contribution is -1.83. The monoisotopic (exact) mass is 235 g/mol. The van der Waals surface area contributed by atoms with Gasteiger partial charge in [-0.1, -0.05) is 36.4 Å². The maximum Gasteiger partial charge on any atom is 0.150 e. The number of H-pyrrole nitrogens is 1. The number of hydrogen-bond acceptors (Lipinski definition) is 1. The molecule has 0 aliphatic rings. The summed E-state index contributed by atoms with van der Waals surface area (Å²) in [6, 6.07) is 15.9. The molecular formula is C16H13NO. The molecule has 2 heteroatoms. The fourth-order valence-corrected chi connectivity index (χ4v) is 2.42. The van der Waals surface area contributed by atoms with E-state index in [0.717, 1.165) is 23.1 Å². The van der Waals surface area contributed by atoms with Crippen molar-refractivity contribution in [2.24, 2.45) is 0 Å². The van der Waals surface area contributed by atoms with E-state index in [4.69, 9.17) is 0 Å². The summed E-state index contributed by atoms with van der Waals surface area (Å²) in [5.41, 5.74) is 5.21. The van der Waals surface area contributed by atoms with Gasteiger partial charge in [0.15, 0.2) is 0 Å². The van der Waals surface area contributed by atoms with Gasteiger partial charge >= 0.3 is 0 Å². The first-order valence-corrected chi connectivity index (χ1v) is 5.92. The summed E-state index contributed by atoms with van der Waals surface area (Å²) in [5.74, 6) is 0. The predicted molar refractivity (Wildman–Crippen MR) is 73.9 cm³/mol. The maximum atomic E-state index is 10.9. The second-order valence-electron chi connectivity index (χ2n) is 4.41. The second kappa shape index (κ2) is 4.15. The number of para-hydroxylation sites is 1. The highest BCUT2D eigenvalue weighted by Gasteiger charge is 2.10. The van der Waals surface area contributed by atoms with Gasteiger partial charge in [-0.15, -0.1) is 0 Å². The molecule has 0 bridgehead atoms. The Morgan fingerprint density at radius 2 is 1.89 bits per heavy atom. The average molecular weight is 235 g/mol. The van der Waals surface area contributed by atoms with E-state index in [1.165, 1.54) is 10.9 Å². The Morgan fingerprint density at radius 1 is 1.06 bits per heavy atom. The molecule has 0 unspecified atom stereocenters. The van der Waals surface area contributed by atoms with Crippen molar-refractivity contribution in [1.29, 1.82) is 0 Å². The summed E-state index contributed by atoms with van der Waals surface area (Å²) in [4.78, 5) is 14.2. The van der Waals surface area contributed by atoms with Gasteiger partial charge in [0, 0.05) is 27.7 Å². The number of aromatic amines is 1. The minimum absolute atomic E-state index is 0.706. The molecule has 1 N–H and O–H groups in total. The van der Waals surface area contributed by atoms with Gasteiger partial charge in [0.1, 0.15) is 6.29 Å². The lowest BCUT2D eigenvalue weighted by Gasteiger charge is -2.02. The summed E-state index contributed by atoms with van der Waals surface area (Å²) in [5, 5.41) is 1.19. The molecule has 0 fully saturated rings. The zero-order valence-electron chi connectivity index (χ0n) is 10.1. The molecule has 2 aromatic carbocycles. The molecular weight excluding hydrogens is 222 g/mol. The minimum Gasteiger partial charge on any atom is -0.358 e. The molecule has 1 aromatic heterocycles. The molecule has 0 amide bonds. The summed E-state index contributed by atoms with van der Waals surface area (Å²) >= 11 is 0. The molecule has 3 aromatic rings. The van der Waals surface area contributed by atoms with Crippen LogP contribution < -0.4 is 0 Å². The number of hydrogen-bond donors (Lipinski definition) is 1. The summed E-state index contributed by atoms with van der Waals surface area (Å²) < 4.78 is 0. The number of aromatic nitrogens is 1. The van der Waals surface area contributed by atoms with Crippen LogP contribution in [0.3, 0.4) is 0 Å². The van der Waals surface area contributed by atoms with Crippen molar-refractivity contribution in [2.45, 2.75) is 6.92 Å². The third-order valence-electron chi connectivity index (χ3n) is 3.20. The Morgan fingerprint density at radius 3 is 2.72 bits per heavy atom. The van der Waals surface area contributed by atoms with Crippen LogP contribution in [-0.4, -0.2) is 11.3 Å². The van der Waals surface area contributed by atoms with Gasteiger partial charge in [0.05, 0.1) is 0 Å². The van der Waals surface area contributed by atoms with Crippen molar-refractivity contribution in [1.82, 2.24) is 4.98 Å². The van der Waals surface area contributed by atoms with E-state index < -0.39 is 0 Å². The van der Waals surface area contributed by atoms with E-state index >= 15 is 0 Å². The molecule has 88 valence electrons. The summed E-state index contributed by atoms with van der Waals surface area (Å²) in [6.45, 7) is 2.06. The largest absolute Gasteiger partial charge is 0.358 e. The lowest BCUT2D eigenvalue weighted by atomic mass is 10.0. The number of fused-ring (bicyclic) bond motifs is 1. The van der Waals surface area contributed by atoms with Crippen LogP contribution in [-0.2, 0) is 0 Å². The zero-order valence-corrected chi connectivity index (χ0v) is 10.1. The molecule has 1 heterocycles. The van der Waals surface area contributed by atoms with Crippen LogP contribution in [0.2, 0.25) is 0 Å². The van der Waals surface area contributed by atoms with Crippen LogP contribution in [0, 0.1) is 6.92 Å². The topological polar surface area (TPSA) is 32.9 Å². The Kier molecular flexibility index (Phi) is 2.49. The van der Waals surface area contributed by atoms with Gasteiger partial charge in [0.2, 0.25) is 0 Å². The van der Waals surface area contributed by atoms with Crippen molar-refractivity contribution < 1.29 is 4.79 Å². The van der Waals surface area contributed by atoms with Crippen molar-refractivity contribution >= 4 is 17.2 Å². The molecule has 2 nitrogen and oxygen atoms in total. The first-order chi connectivity index (χ1) is 8.79. The molecule has 0 saturated heterocycles. The fraction of sp³-hybridized carbons (Fsp3) is 0.0625. The molecule has 0 spiro atoms. The van der Waals surface area contributed by atoms with Gasteiger partial charge in [-0.25, -0.2) is 0 Å². The van der Waals surface area contributed by atoms with Crippen LogP contribution >= 0.6 is 0 Å². The van der Waals surface area contributed by atoms with Gasteiger partial charge in [-0.05, 0) is 24.6 Å². The van der Waals surface area contributed by atoms with Crippen LogP contribution in [0.15, 0.2) is 48.5 Å². The molecule has 0 aliphatic carbocycles. The number of aryl methyl sites for hydroxylation is 1. The number of nitrogens with one attached hydrogen (secondary N) is 1.